The van der Waals surface area contributed by atoms with Gasteiger partial charge in [-0.05, 0) is 55.5 Å². The van der Waals surface area contributed by atoms with Gasteiger partial charge in [-0.15, -0.1) is 0 Å². The van der Waals surface area contributed by atoms with E-state index in [1.165, 1.54) is 5.56 Å². The van der Waals surface area contributed by atoms with Crippen molar-refractivity contribution in [2.75, 3.05) is 24.5 Å². The lowest BCUT2D eigenvalue weighted by Crippen LogP contribution is -2.35. The molecule has 0 aliphatic carbocycles. The Morgan fingerprint density at radius 1 is 1.00 bits per heavy atom. The smallest absolute Gasteiger partial charge is 0.243 e. The SMILES string of the molecule is Cn1c(CCC(=O)N2CCCc3ccccc32)nc2cc(S(=O)(=O)N3CCCCC3)ccc21. The number of piperidine rings is 1. The molecule has 1 fully saturated rings. The van der Waals surface area contributed by atoms with Gasteiger partial charge in [-0.25, -0.2) is 13.4 Å². The highest BCUT2D eigenvalue weighted by molar-refractivity contribution is 7.89. The molecule has 1 aromatic heterocycles. The van der Waals surface area contributed by atoms with Gasteiger partial charge in [-0.1, -0.05) is 24.6 Å². The maximum Gasteiger partial charge on any atom is 0.243 e. The molecule has 2 aliphatic rings. The zero-order valence-electron chi connectivity index (χ0n) is 19.0. The van der Waals surface area contributed by atoms with Gasteiger partial charge in [0.2, 0.25) is 15.9 Å². The Morgan fingerprint density at radius 3 is 2.61 bits per heavy atom. The zero-order valence-corrected chi connectivity index (χ0v) is 19.9. The minimum absolute atomic E-state index is 0.0996. The van der Waals surface area contributed by atoms with E-state index in [1.807, 2.05) is 40.8 Å². The minimum Gasteiger partial charge on any atom is -0.331 e. The van der Waals surface area contributed by atoms with Crippen molar-refractivity contribution in [3.05, 3.63) is 53.9 Å². The first kappa shape index (κ1) is 22.1. The predicted molar refractivity (Wildman–Crippen MR) is 129 cm³/mol. The van der Waals surface area contributed by atoms with Crippen molar-refractivity contribution >= 4 is 32.7 Å². The molecule has 1 saturated heterocycles. The van der Waals surface area contributed by atoms with Crippen LogP contribution in [0, 0.1) is 0 Å². The van der Waals surface area contributed by atoms with Gasteiger partial charge in [-0.3, -0.25) is 4.79 Å². The molecular formula is C25H30N4O3S. The van der Waals surface area contributed by atoms with E-state index in [0.29, 0.717) is 36.3 Å². The normalized spacial score (nSPS) is 17.3. The monoisotopic (exact) mass is 466 g/mol. The summed E-state index contributed by atoms with van der Waals surface area (Å²) in [5, 5.41) is 0. The molecule has 3 aromatic rings. The molecule has 1 amide bonds. The van der Waals surface area contributed by atoms with Crippen molar-refractivity contribution < 1.29 is 13.2 Å². The van der Waals surface area contributed by atoms with E-state index >= 15 is 0 Å². The first-order chi connectivity index (χ1) is 15.9. The van der Waals surface area contributed by atoms with E-state index < -0.39 is 10.0 Å². The second-order valence-corrected chi connectivity index (χ2v) is 10.9. The Balaban J connectivity index is 1.34. The third-order valence-electron chi connectivity index (χ3n) is 6.87. The van der Waals surface area contributed by atoms with Gasteiger partial charge in [0, 0.05) is 45.2 Å². The second kappa shape index (κ2) is 8.91. The van der Waals surface area contributed by atoms with Crippen LogP contribution in [0.25, 0.3) is 11.0 Å². The number of carbonyl (C=O) groups excluding carboxylic acids is 1. The van der Waals surface area contributed by atoms with E-state index in [4.69, 9.17) is 4.98 Å². The highest BCUT2D eigenvalue weighted by Gasteiger charge is 2.27. The molecule has 33 heavy (non-hydrogen) atoms. The Morgan fingerprint density at radius 2 is 1.79 bits per heavy atom. The number of benzene rings is 2. The molecule has 0 atom stereocenters. The van der Waals surface area contributed by atoms with Crippen molar-refractivity contribution in [3.8, 4) is 0 Å². The van der Waals surface area contributed by atoms with Gasteiger partial charge in [0.15, 0.2) is 0 Å². The Labute approximate surface area is 195 Å². The first-order valence-corrected chi connectivity index (χ1v) is 13.2. The number of para-hydroxylation sites is 1. The molecule has 0 spiro atoms. The number of hydrogen-bond acceptors (Lipinski definition) is 4. The average Bonchev–Trinajstić information content (AvgIpc) is 3.17. The van der Waals surface area contributed by atoms with Crippen LogP contribution in [0.5, 0.6) is 0 Å². The molecular weight excluding hydrogens is 436 g/mol. The van der Waals surface area contributed by atoms with Crippen LogP contribution in [-0.4, -0.2) is 47.8 Å². The van der Waals surface area contributed by atoms with E-state index in [2.05, 4.69) is 6.07 Å². The standard InChI is InChI=1S/C25H30N4O3S/c1-27-23-12-11-20(33(31,32)28-15-5-2-6-16-28)18-21(23)26-24(27)13-14-25(30)29-17-7-9-19-8-3-4-10-22(19)29/h3-4,8,10-12,18H,2,5-7,9,13-17H2,1H3. The van der Waals surface area contributed by atoms with E-state index in [0.717, 1.165) is 55.7 Å². The van der Waals surface area contributed by atoms with Crippen molar-refractivity contribution in [1.82, 2.24) is 13.9 Å². The molecule has 174 valence electrons. The lowest BCUT2D eigenvalue weighted by atomic mass is 10.0. The third kappa shape index (κ3) is 4.17. The fraction of sp³-hybridized carbons (Fsp3) is 0.440. The maximum absolute atomic E-state index is 13.1. The Kier molecular flexibility index (Phi) is 5.97. The summed E-state index contributed by atoms with van der Waals surface area (Å²) in [6.45, 7) is 1.90. The number of sulfonamides is 1. The van der Waals surface area contributed by atoms with Gasteiger partial charge >= 0.3 is 0 Å². The molecule has 7 nitrogen and oxygen atoms in total. The van der Waals surface area contributed by atoms with Gasteiger partial charge in [0.1, 0.15) is 5.82 Å². The number of imidazole rings is 1. The summed E-state index contributed by atoms with van der Waals surface area (Å²) in [4.78, 5) is 19.9. The lowest BCUT2D eigenvalue weighted by Gasteiger charge is -2.29. The molecule has 3 heterocycles. The first-order valence-electron chi connectivity index (χ1n) is 11.8. The topological polar surface area (TPSA) is 75.5 Å². The molecule has 0 radical (unpaired) electrons. The fourth-order valence-corrected chi connectivity index (χ4v) is 6.55. The number of hydrogen-bond donors (Lipinski definition) is 0. The Hall–Kier alpha value is -2.71. The summed E-state index contributed by atoms with van der Waals surface area (Å²) < 4.78 is 29.7. The van der Waals surface area contributed by atoms with E-state index in [1.54, 1.807) is 16.4 Å². The molecule has 0 unspecified atom stereocenters. The van der Waals surface area contributed by atoms with Crippen LogP contribution in [0.15, 0.2) is 47.4 Å². The number of aryl methyl sites for hydroxylation is 3. The van der Waals surface area contributed by atoms with Crippen LogP contribution in [0.1, 0.15) is 43.5 Å². The number of anilines is 1. The number of aromatic nitrogens is 2. The summed E-state index contributed by atoms with van der Waals surface area (Å²) in [5.41, 5.74) is 3.77. The summed E-state index contributed by atoms with van der Waals surface area (Å²) in [7, 11) is -1.58. The van der Waals surface area contributed by atoms with Crippen molar-refractivity contribution in [3.63, 3.8) is 0 Å². The van der Waals surface area contributed by atoms with Gasteiger partial charge < -0.3 is 9.47 Å². The third-order valence-corrected chi connectivity index (χ3v) is 8.77. The summed E-state index contributed by atoms with van der Waals surface area (Å²) in [6, 6.07) is 13.3. The summed E-state index contributed by atoms with van der Waals surface area (Å²) in [5.74, 6) is 0.888. The minimum atomic E-state index is -3.50. The van der Waals surface area contributed by atoms with Gasteiger partial charge in [0.25, 0.3) is 0 Å². The van der Waals surface area contributed by atoms with Gasteiger partial charge in [-0.2, -0.15) is 4.31 Å². The van der Waals surface area contributed by atoms with Crippen molar-refractivity contribution in [1.29, 1.82) is 0 Å². The van der Waals surface area contributed by atoms with Crippen LogP contribution in [0.2, 0.25) is 0 Å². The highest BCUT2D eigenvalue weighted by atomic mass is 32.2. The number of carbonyl (C=O) groups is 1. The van der Waals surface area contributed by atoms with Crippen LogP contribution in [-0.2, 0) is 34.7 Å². The highest BCUT2D eigenvalue weighted by Crippen LogP contribution is 2.28. The summed E-state index contributed by atoms with van der Waals surface area (Å²) in [6.07, 6.45) is 5.75. The van der Waals surface area contributed by atoms with E-state index in [-0.39, 0.29) is 5.91 Å². The number of amides is 1. The quantitative estimate of drug-likeness (QED) is 0.575. The largest absolute Gasteiger partial charge is 0.331 e. The lowest BCUT2D eigenvalue weighted by molar-refractivity contribution is -0.118. The fourth-order valence-electron chi connectivity index (χ4n) is 5.01. The molecule has 2 aromatic carbocycles. The van der Waals surface area contributed by atoms with Crippen LogP contribution < -0.4 is 4.90 Å². The molecule has 8 heteroatoms. The van der Waals surface area contributed by atoms with Crippen LogP contribution in [0.3, 0.4) is 0 Å². The molecule has 0 bridgehead atoms. The molecule has 5 rings (SSSR count). The number of nitrogens with zero attached hydrogens (tertiary/aromatic N) is 4. The van der Waals surface area contributed by atoms with Gasteiger partial charge in [0.05, 0.1) is 15.9 Å². The number of fused-ring (bicyclic) bond motifs is 2. The molecule has 2 aliphatic heterocycles. The summed E-state index contributed by atoms with van der Waals surface area (Å²) >= 11 is 0. The average molecular weight is 467 g/mol. The van der Waals surface area contributed by atoms with E-state index in [9.17, 15) is 13.2 Å². The molecule has 0 saturated carbocycles. The maximum atomic E-state index is 13.1. The molecule has 0 N–H and O–H groups in total. The Bertz CT molecular complexity index is 1290. The van der Waals surface area contributed by atoms with Crippen LogP contribution >= 0.6 is 0 Å². The van der Waals surface area contributed by atoms with Crippen molar-refractivity contribution in [2.45, 2.75) is 49.8 Å². The number of rotatable bonds is 5. The van der Waals surface area contributed by atoms with Crippen LogP contribution in [0.4, 0.5) is 5.69 Å². The zero-order chi connectivity index (χ0) is 23.0. The predicted octanol–water partition coefficient (Wildman–Crippen LogP) is 3.66. The van der Waals surface area contributed by atoms with Crippen molar-refractivity contribution in [2.24, 2.45) is 7.05 Å². The second-order valence-electron chi connectivity index (χ2n) is 8.98.